The molecule has 236 valence electrons. The molecule has 5 aliphatic carbocycles. The number of nitrogens with zero attached hydrogens (tertiary/aromatic N) is 1. The lowest BCUT2D eigenvalue weighted by Gasteiger charge is -2.71. The van der Waals surface area contributed by atoms with Crippen LogP contribution >= 0.6 is 0 Å². The minimum absolute atomic E-state index is 0.0442. The zero-order valence-electron chi connectivity index (χ0n) is 27.5. The Balaban J connectivity index is 1.59. The lowest BCUT2D eigenvalue weighted by Crippen LogP contribution is -2.74. The van der Waals surface area contributed by atoms with E-state index in [0.29, 0.717) is 32.2 Å². The summed E-state index contributed by atoms with van der Waals surface area (Å²) < 4.78 is 0. The second-order valence-electron chi connectivity index (χ2n) is 16.7. The first-order chi connectivity index (χ1) is 19.8. The first kappa shape index (κ1) is 32.1. The Hall–Kier alpha value is -2.30. The van der Waals surface area contributed by atoms with Crippen molar-refractivity contribution in [1.82, 2.24) is 5.32 Å². The number of carbonyl (C=O) groups is 3. The predicted octanol–water partition coefficient (Wildman–Crippen LogP) is 5.46. The van der Waals surface area contributed by atoms with Gasteiger partial charge in [-0.25, -0.2) is 0 Å². The number of hydrogen-bond donors (Lipinski definition) is 3. The smallest absolute Gasteiger partial charge is 0.225 e. The summed E-state index contributed by atoms with van der Waals surface area (Å²) in [6.07, 6.45) is 9.07. The summed E-state index contributed by atoms with van der Waals surface area (Å²) in [7, 11) is 0. The maximum atomic E-state index is 14.6. The number of aliphatic hydroxyl groups is 2. The Morgan fingerprint density at radius 2 is 1.70 bits per heavy atom. The second kappa shape index (κ2) is 9.85. The number of Topliss-reactive ketones (excluding diaryl/α,β-unsaturated/α-hetero) is 1. The third-order valence-corrected chi connectivity index (χ3v) is 14.0. The number of hydrogen-bond acceptors (Lipinski definition) is 6. The van der Waals surface area contributed by atoms with Crippen molar-refractivity contribution in [1.29, 1.82) is 5.26 Å². The number of ketones is 2. The number of rotatable bonds is 5. The van der Waals surface area contributed by atoms with Crippen LogP contribution in [-0.2, 0) is 14.4 Å². The molecule has 0 heterocycles. The number of carbonyl (C=O) groups excluding carboxylic acids is 3. The molecule has 0 aliphatic heterocycles. The highest BCUT2D eigenvalue weighted by atomic mass is 16.3. The Morgan fingerprint density at radius 3 is 2.33 bits per heavy atom. The molecule has 0 bridgehead atoms. The largest absolute Gasteiger partial charge is 0.396 e. The van der Waals surface area contributed by atoms with Gasteiger partial charge in [0.1, 0.15) is 11.7 Å². The van der Waals surface area contributed by atoms with Crippen molar-refractivity contribution in [3.05, 3.63) is 23.3 Å². The first-order valence-corrected chi connectivity index (χ1v) is 16.4. The van der Waals surface area contributed by atoms with E-state index in [0.717, 1.165) is 31.3 Å². The molecule has 5 aliphatic rings. The molecule has 9 unspecified atom stereocenters. The van der Waals surface area contributed by atoms with Crippen molar-refractivity contribution in [2.45, 2.75) is 112 Å². The van der Waals surface area contributed by atoms with E-state index in [1.54, 1.807) is 6.08 Å². The van der Waals surface area contributed by atoms with Gasteiger partial charge in [0.15, 0.2) is 11.6 Å². The van der Waals surface area contributed by atoms with Crippen LogP contribution < -0.4 is 5.32 Å². The minimum atomic E-state index is -1.64. The monoisotopic (exact) mass is 592 g/mol. The fourth-order valence-corrected chi connectivity index (χ4v) is 10.8. The van der Waals surface area contributed by atoms with Gasteiger partial charge in [-0.2, -0.15) is 5.26 Å². The first-order valence-electron chi connectivity index (χ1n) is 16.4. The molecule has 43 heavy (non-hydrogen) atoms. The van der Waals surface area contributed by atoms with Crippen molar-refractivity contribution in [2.24, 2.45) is 50.2 Å². The van der Waals surface area contributed by atoms with Crippen LogP contribution in [0.1, 0.15) is 107 Å². The Kier molecular flexibility index (Phi) is 7.35. The lowest BCUT2D eigenvalue weighted by molar-refractivity contribution is -0.242. The molecule has 3 saturated carbocycles. The Morgan fingerprint density at radius 1 is 1.05 bits per heavy atom. The zero-order valence-corrected chi connectivity index (χ0v) is 27.5. The highest BCUT2D eigenvalue weighted by Gasteiger charge is 2.75. The molecule has 0 aromatic rings. The normalized spacial score (nSPS) is 45.7. The fourth-order valence-electron chi connectivity index (χ4n) is 10.8. The molecule has 1 amide bonds. The summed E-state index contributed by atoms with van der Waals surface area (Å²) in [5.74, 6) is -0.759. The zero-order chi connectivity index (χ0) is 32.0. The highest BCUT2D eigenvalue weighted by molar-refractivity contribution is 6.05. The van der Waals surface area contributed by atoms with Crippen molar-refractivity contribution in [2.75, 3.05) is 13.2 Å². The van der Waals surface area contributed by atoms with Crippen LogP contribution in [0.15, 0.2) is 23.3 Å². The van der Waals surface area contributed by atoms with Gasteiger partial charge < -0.3 is 15.5 Å². The van der Waals surface area contributed by atoms with Gasteiger partial charge in [-0.15, -0.1) is 0 Å². The van der Waals surface area contributed by atoms with Gasteiger partial charge in [-0.05, 0) is 85.7 Å². The molecule has 7 heteroatoms. The van der Waals surface area contributed by atoms with E-state index in [-0.39, 0.29) is 52.8 Å². The van der Waals surface area contributed by atoms with E-state index in [1.807, 2.05) is 33.8 Å². The molecular weight excluding hydrogens is 540 g/mol. The second-order valence-corrected chi connectivity index (χ2v) is 16.7. The van der Waals surface area contributed by atoms with Crippen LogP contribution in [-0.4, -0.2) is 46.4 Å². The third kappa shape index (κ3) is 4.07. The van der Waals surface area contributed by atoms with Crippen molar-refractivity contribution >= 4 is 17.5 Å². The van der Waals surface area contributed by atoms with Gasteiger partial charge >= 0.3 is 0 Å². The molecule has 3 N–H and O–H groups in total. The number of nitriles is 1. The van der Waals surface area contributed by atoms with E-state index in [4.69, 9.17) is 0 Å². The van der Waals surface area contributed by atoms with E-state index >= 15 is 0 Å². The van der Waals surface area contributed by atoms with Gasteiger partial charge in [0.2, 0.25) is 5.91 Å². The maximum absolute atomic E-state index is 14.6. The predicted molar refractivity (Wildman–Crippen MR) is 164 cm³/mol. The van der Waals surface area contributed by atoms with Crippen LogP contribution in [0.5, 0.6) is 0 Å². The molecule has 7 nitrogen and oxygen atoms in total. The standard InChI is InChI=1S/C36H52N2O5/c1-22(10-16-39)21-38-29(42)32(5)13-12-31(4)14-15-35(8)34(7)11-9-24-30(2,3)28(41)23(20-37)18-33(24,6)25(34)17-27(40)36(35,43)26(31)19-32/h17-18,22,24,26,39,43H,9-16,19,21H2,1-8H3,(H,38,42). The summed E-state index contributed by atoms with van der Waals surface area (Å²) in [4.78, 5) is 41.6. The van der Waals surface area contributed by atoms with Crippen molar-refractivity contribution < 1.29 is 24.6 Å². The number of amides is 1. The van der Waals surface area contributed by atoms with Crippen molar-refractivity contribution in [3.63, 3.8) is 0 Å². The average Bonchev–Trinajstić information content (AvgIpc) is 2.94. The summed E-state index contributed by atoms with van der Waals surface area (Å²) in [5, 5.41) is 35.4. The minimum Gasteiger partial charge on any atom is -0.396 e. The molecule has 0 saturated heterocycles. The van der Waals surface area contributed by atoms with Crippen LogP contribution in [0.4, 0.5) is 0 Å². The van der Waals surface area contributed by atoms with Gasteiger partial charge in [0, 0.05) is 40.7 Å². The summed E-state index contributed by atoms with van der Waals surface area (Å²) in [5.41, 5.74) is -4.26. The summed E-state index contributed by atoms with van der Waals surface area (Å²) in [6.45, 7) is 17.0. The highest BCUT2D eigenvalue weighted by Crippen LogP contribution is 2.75. The topological polar surface area (TPSA) is 127 Å². The maximum Gasteiger partial charge on any atom is 0.225 e. The number of allylic oxidation sites excluding steroid dienone is 3. The molecule has 0 aromatic heterocycles. The third-order valence-electron chi connectivity index (χ3n) is 14.0. The summed E-state index contributed by atoms with van der Waals surface area (Å²) >= 11 is 0. The van der Waals surface area contributed by atoms with E-state index in [2.05, 4.69) is 39.1 Å². The van der Waals surface area contributed by atoms with E-state index in [9.17, 15) is 29.9 Å². The van der Waals surface area contributed by atoms with Gasteiger partial charge in [-0.3, -0.25) is 14.4 Å². The number of aliphatic hydroxyl groups excluding tert-OH is 1. The SMILES string of the molecule is CC(CCO)CNC(=O)C1(C)CCC2(C)CCC3(C)C4(C)CCC5C(C)(C)C(=O)C(C#N)=CC5(C)C4=CC(=O)C3(O)C2C1. The molecule has 9 atom stereocenters. The summed E-state index contributed by atoms with van der Waals surface area (Å²) in [6, 6.07) is 2.15. The molecular formula is C36H52N2O5. The van der Waals surface area contributed by atoms with Crippen molar-refractivity contribution in [3.8, 4) is 6.07 Å². The molecule has 0 radical (unpaired) electrons. The average molecular weight is 593 g/mol. The van der Waals surface area contributed by atoms with Gasteiger partial charge in [0.25, 0.3) is 0 Å². The van der Waals surface area contributed by atoms with E-state index in [1.165, 1.54) is 0 Å². The van der Waals surface area contributed by atoms with Gasteiger partial charge in [0.05, 0.1) is 5.57 Å². The quantitative estimate of drug-likeness (QED) is 0.389. The number of fused-ring (bicyclic) bond motifs is 7. The van der Waals surface area contributed by atoms with Crippen LogP contribution in [0.25, 0.3) is 0 Å². The Bertz CT molecular complexity index is 1360. The molecule has 0 aromatic carbocycles. The number of nitrogens with one attached hydrogen (secondary N) is 1. The van der Waals surface area contributed by atoms with E-state index < -0.39 is 32.7 Å². The van der Waals surface area contributed by atoms with Gasteiger partial charge in [-0.1, -0.05) is 61.5 Å². The fraction of sp³-hybridized carbons (Fsp3) is 0.778. The molecule has 5 rings (SSSR count). The van der Waals surface area contributed by atoms with Crippen LogP contribution in [0, 0.1) is 61.6 Å². The molecule has 3 fully saturated rings. The van der Waals surface area contributed by atoms with Crippen LogP contribution in [0.2, 0.25) is 0 Å². The lowest BCUT2D eigenvalue weighted by atomic mass is 9.33. The van der Waals surface area contributed by atoms with Crippen LogP contribution in [0.3, 0.4) is 0 Å². The molecule has 0 spiro atoms. The Labute approximate surface area is 257 Å².